The molecular formula is C19H23NO. The van der Waals surface area contributed by atoms with Crippen molar-refractivity contribution in [3.05, 3.63) is 64.7 Å². The Hall–Kier alpha value is -1.80. The van der Waals surface area contributed by atoms with Gasteiger partial charge in [-0.05, 0) is 67.5 Å². The average Bonchev–Trinajstić information content (AvgIpc) is 3.27. The maximum atomic E-state index is 6.37. The van der Waals surface area contributed by atoms with Gasteiger partial charge in [-0.15, -0.1) is 0 Å². The third kappa shape index (κ3) is 3.64. The molecular weight excluding hydrogens is 258 g/mol. The Kier molecular flexibility index (Phi) is 3.98. The van der Waals surface area contributed by atoms with Gasteiger partial charge in [-0.3, -0.25) is 0 Å². The Morgan fingerprint density at radius 3 is 2.62 bits per heavy atom. The minimum absolute atomic E-state index is 0.00913. The van der Waals surface area contributed by atoms with Crippen molar-refractivity contribution in [2.75, 3.05) is 0 Å². The van der Waals surface area contributed by atoms with E-state index in [1.807, 2.05) is 12.1 Å². The summed E-state index contributed by atoms with van der Waals surface area (Å²) in [5, 5.41) is 0. The van der Waals surface area contributed by atoms with Crippen molar-refractivity contribution >= 4 is 0 Å². The number of rotatable bonds is 5. The molecule has 2 heteroatoms. The third-order valence-corrected chi connectivity index (χ3v) is 4.14. The molecule has 0 saturated heterocycles. The number of hydrogen-bond acceptors (Lipinski definition) is 2. The number of hydrogen-bond donors (Lipinski definition) is 1. The van der Waals surface area contributed by atoms with Gasteiger partial charge in [0.2, 0.25) is 0 Å². The lowest BCUT2D eigenvalue weighted by atomic mass is 9.97. The summed E-state index contributed by atoms with van der Waals surface area (Å²) in [7, 11) is 0. The van der Waals surface area contributed by atoms with Gasteiger partial charge in [-0.1, -0.05) is 30.3 Å². The van der Waals surface area contributed by atoms with Gasteiger partial charge in [0.05, 0.1) is 6.10 Å². The van der Waals surface area contributed by atoms with Crippen LogP contribution in [0.2, 0.25) is 0 Å². The molecule has 1 aliphatic rings. The second-order valence-corrected chi connectivity index (χ2v) is 6.12. The molecule has 0 aliphatic heterocycles. The zero-order valence-corrected chi connectivity index (χ0v) is 12.8. The standard InChI is InChI=1S/C19H23NO/c1-13-6-7-15(10-14(13)2)11-19(20)16-4-3-5-18(12-16)21-17-8-9-17/h3-7,10,12,17,19H,8-9,11,20H2,1-2H3. The number of benzene rings is 2. The predicted octanol–water partition coefficient (Wildman–Crippen LogP) is 4.09. The highest BCUT2D eigenvalue weighted by Gasteiger charge is 2.23. The van der Waals surface area contributed by atoms with Crippen LogP contribution in [0, 0.1) is 13.8 Å². The Balaban J connectivity index is 1.71. The summed E-state index contributed by atoms with van der Waals surface area (Å²) < 4.78 is 5.85. The molecule has 0 radical (unpaired) electrons. The van der Waals surface area contributed by atoms with E-state index in [0.717, 1.165) is 17.7 Å². The second kappa shape index (κ2) is 5.90. The molecule has 0 spiro atoms. The fourth-order valence-corrected chi connectivity index (χ4v) is 2.50. The van der Waals surface area contributed by atoms with E-state index in [1.54, 1.807) is 0 Å². The van der Waals surface area contributed by atoms with Crippen LogP contribution in [-0.4, -0.2) is 6.10 Å². The SMILES string of the molecule is Cc1ccc(CC(N)c2cccc(OC3CC3)c2)cc1C. The molecule has 2 nitrogen and oxygen atoms in total. The fourth-order valence-electron chi connectivity index (χ4n) is 2.50. The molecule has 0 heterocycles. The molecule has 2 aromatic carbocycles. The fraction of sp³-hybridized carbons (Fsp3) is 0.368. The summed E-state index contributed by atoms with van der Waals surface area (Å²) in [5.74, 6) is 0.950. The first-order chi connectivity index (χ1) is 10.1. The lowest BCUT2D eigenvalue weighted by molar-refractivity contribution is 0.302. The Bertz CT molecular complexity index is 631. The molecule has 1 fully saturated rings. The van der Waals surface area contributed by atoms with Gasteiger partial charge in [0.15, 0.2) is 0 Å². The Labute approximate surface area is 126 Å². The van der Waals surface area contributed by atoms with Crippen LogP contribution in [0.5, 0.6) is 5.75 Å². The van der Waals surface area contributed by atoms with Crippen molar-refractivity contribution in [3.63, 3.8) is 0 Å². The van der Waals surface area contributed by atoms with Crippen LogP contribution in [0.25, 0.3) is 0 Å². The predicted molar refractivity (Wildman–Crippen MR) is 86.6 cm³/mol. The van der Waals surface area contributed by atoms with E-state index >= 15 is 0 Å². The lowest BCUT2D eigenvalue weighted by Crippen LogP contribution is -2.13. The molecule has 2 N–H and O–H groups in total. The molecule has 0 bridgehead atoms. The average molecular weight is 281 g/mol. The highest BCUT2D eigenvalue weighted by Crippen LogP contribution is 2.28. The number of ether oxygens (including phenoxy) is 1. The normalized spacial score (nSPS) is 15.8. The summed E-state index contributed by atoms with van der Waals surface area (Å²) >= 11 is 0. The van der Waals surface area contributed by atoms with Crippen LogP contribution in [0.15, 0.2) is 42.5 Å². The zero-order chi connectivity index (χ0) is 14.8. The molecule has 0 amide bonds. The number of nitrogens with two attached hydrogens (primary N) is 1. The summed E-state index contributed by atoms with van der Waals surface area (Å²) in [6, 6.07) is 14.8. The van der Waals surface area contributed by atoms with Crippen LogP contribution < -0.4 is 10.5 Å². The largest absolute Gasteiger partial charge is 0.490 e. The first kappa shape index (κ1) is 14.2. The van der Waals surface area contributed by atoms with Gasteiger partial charge in [0.25, 0.3) is 0 Å². The van der Waals surface area contributed by atoms with Crippen LogP contribution in [0.3, 0.4) is 0 Å². The quantitative estimate of drug-likeness (QED) is 0.896. The van der Waals surface area contributed by atoms with Gasteiger partial charge in [0, 0.05) is 6.04 Å². The van der Waals surface area contributed by atoms with Crippen LogP contribution >= 0.6 is 0 Å². The molecule has 110 valence electrons. The first-order valence-electron chi connectivity index (χ1n) is 7.70. The molecule has 1 unspecified atom stereocenters. The van der Waals surface area contributed by atoms with Gasteiger partial charge in [0.1, 0.15) is 5.75 Å². The van der Waals surface area contributed by atoms with E-state index in [0.29, 0.717) is 6.10 Å². The van der Waals surface area contributed by atoms with Gasteiger partial charge in [-0.25, -0.2) is 0 Å². The minimum atomic E-state index is 0.00913. The van der Waals surface area contributed by atoms with Crippen molar-refractivity contribution in [1.29, 1.82) is 0 Å². The third-order valence-electron chi connectivity index (χ3n) is 4.14. The summed E-state index contributed by atoms with van der Waals surface area (Å²) in [6.07, 6.45) is 3.64. The van der Waals surface area contributed by atoms with Crippen molar-refractivity contribution in [2.24, 2.45) is 5.73 Å². The zero-order valence-electron chi connectivity index (χ0n) is 12.8. The van der Waals surface area contributed by atoms with Gasteiger partial charge in [-0.2, -0.15) is 0 Å². The molecule has 1 aliphatic carbocycles. The molecule has 21 heavy (non-hydrogen) atoms. The van der Waals surface area contributed by atoms with E-state index in [2.05, 4.69) is 44.2 Å². The molecule has 2 aromatic rings. The minimum Gasteiger partial charge on any atom is -0.490 e. The van der Waals surface area contributed by atoms with Crippen molar-refractivity contribution in [3.8, 4) is 5.75 Å². The topological polar surface area (TPSA) is 35.2 Å². The Morgan fingerprint density at radius 1 is 1.10 bits per heavy atom. The molecule has 1 saturated carbocycles. The van der Waals surface area contributed by atoms with E-state index in [4.69, 9.17) is 10.5 Å². The maximum absolute atomic E-state index is 6.37. The second-order valence-electron chi connectivity index (χ2n) is 6.12. The first-order valence-corrected chi connectivity index (χ1v) is 7.70. The highest BCUT2D eigenvalue weighted by atomic mass is 16.5. The smallest absolute Gasteiger partial charge is 0.120 e. The van der Waals surface area contributed by atoms with Crippen LogP contribution in [-0.2, 0) is 6.42 Å². The van der Waals surface area contributed by atoms with Crippen LogP contribution in [0.1, 0.15) is 41.1 Å². The van der Waals surface area contributed by atoms with E-state index < -0.39 is 0 Å². The monoisotopic (exact) mass is 281 g/mol. The maximum Gasteiger partial charge on any atom is 0.120 e. The molecule has 0 aromatic heterocycles. The Morgan fingerprint density at radius 2 is 1.90 bits per heavy atom. The summed E-state index contributed by atoms with van der Waals surface area (Å²) in [4.78, 5) is 0. The van der Waals surface area contributed by atoms with Gasteiger partial charge >= 0.3 is 0 Å². The highest BCUT2D eigenvalue weighted by molar-refractivity contribution is 5.34. The number of aryl methyl sites for hydroxylation is 2. The summed E-state index contributed by atoms with van der Waals surface area (Å²) in [6.45, 7) is 4.28. The van der Waals surface area contributed by atoms with Crippen molar-refractivity contribution in [2.45, 2.75) is 45.3 Å². The van der Waals surface area contributed by atoms with Crippen LogP contribution in [0.4, 0.5) is 0 Å². The molecule has 3 rings (SSSR count). The van der Waals surface area contributed by atoms with E-state index in [9.17, 15) is 0 Å². The lowest BCUT2D eigenvalue weighted by Gasteiger charge is -2.15. The van der Waals surface area contributed by atoms with Crippen molar-refractivity contribution < 1.29 is 4.74 Å². The molecule has 1 atom stereocenters. The van der Waals surface area contributed by atoms with Crippen molar-refractivity contribution in [1.82, 2.24) is 0 Å². The van der Waals surface area contributed by atoms with Gasteiger partial charge < -0.3 is 10.5 Å². The summed E-state index contributed by atoms with van der Waals surface area (Å²) in [5.41, 5.74) is 11.5. The van der Waals surface area contributed by atoms with E-state index in [-0.39, 0.29) is 6.04 Å². The van der Waals surface area contributed by atoms with E-state index in [1.165, 1.54) is 29.5 Å².